The predicted octanol–water partition coefficient (Wildman–Crippen LogP) is 1.13. The fourth-order valence-electron chi connectivity index (χ4n) is 1.67. The van der Waals surface area contributed by atoms with Gasteiger partial charge in [0.1, 0.15) is 0 Å². The van der Waals surface area contributed by atoms with Gasteiger partial charge in [0.05, 0.1) is 6.04 Å². The van der Waals surface area contributed by atoms with Crippen LogP contribution < -0.4 is 11.1 Å². The second-order valence-electron chi connectivity index (χ2n) is 3.86. The van der Waals surface area contributed by atoms with E-state index in [9.17, 15) is 4.79 Å². The minimum Gasteiger partial charge on any atom is -0.368 e. The molecule has 0 saturated carbocycles. The van der Waals surface area contributed by atoms with E-state index in [4.69, 9.17) is 5.73 Å². The highest BCUT2D eigenvalue weighted by Crippen LogP contribution is 2.17. The minimum atomic E-state index is -0.332. The van der Waals surface area contributed by atoms with Gasteiger partial charge in [0.2, 0.25) is 5.91 Å². The lowest BCUT2D eigenvalue weighted by Crippen LogP contribution is -2.38. The molecule has 0 aliphatic carbocycles. The van der Waals surface area contributed by atoms with Crippen LogP contribution in [-0.2, 0) is 11.3 Å². The SMILES string of the molecule is CC(NCc1cccc2[nH]ccc12)C(N)=O. The summed E-state index contributed by atoms with van der Waals surface area (Å²) in [6.45, 7) is 2.40. The maximum Gasteiger partial charge on any atom is 0.234 e. The maximum atomic E-state index is 10.9. The molecule has 0 aliphatic heterocycles. The Morgan fingerprint density at radius 1 is 1.50 bits per heavy atom. The van der Waals surface area contributed by atoms with Crippen LogP contribution >= 0.6 is 0 Å². The number of hydrogen-bond acceptors (Lipinski definition) is 2. The average molecular weight is 217 g/mol. The molecule has 2 rings (SSSR count). The zero-order valence-electron chi connectivity index (χ0n) is 9.16. The van der Waals surface area contributed by atoms with E-state index in [1.165, 1.54) is 5.39 Å². The van der Waals surface area contributed by atoms with E-state index >= 15 is 0 Å². The number of nitrogens with two attached hydrogens (primary N) is 1. The molecule has 0 radical (unpaired) electrons. The number of carbonyl (C=O) groups is 1. The van der Waals surface area contributed by atoms with Gasteiger partial charge in [-0.3, -0.25) is 4.79 Å². The van der Waals surface area contributed by atoms with Crippen LogP contribution in [0, 0.1) is 0 Å². The van der Waals surface area contributed by atoms with Crippen LogP contribution in [0.2, 0.25) is 0 Å². The van der Waals surface area contributed by atoms with Gasteiger partial charge in [-0.05, 0) is 24.6 Å². The molecule has 1 amide bonds. The van der Waals surface area contributed by atoms with Crippen molar-refractivity contribution >= 4 is 16.8 Å². The van der Waals surface area contributed by atoms with E-state index in [2.05, 4.69) is 10.3 Å². The molecule has 1 unspecified atom stereocenters. The third-order valence-electron chi connectivity index (χ3n) is 2.71. The second kappa shape index (κ2) is 4.37. The fraction of sp³-hybridized carbons (Fsp3) is 0.250. The molecule has 1 aromatic carbocycles. The second-order valence-corrected chi connectivity index (χ2v) is 3.86. The molecule has 1 atom stereocenters. The predicted molar refractivity (Wildman–Crippen MR) is 63.8 cm³/mol. The lowest BCUT2D eigenvalue weighted by atomic mass is 10.1. The van der Waals surface area contributed by atoms with Crippen molar-refractivity contribution in [1.82, 2.24) is 10.3 Å². The van der Waals surface area contributed by atoms with Crippen molar-refractivity contribution in [2.24, 2.45) is 5.73 Å². The Balaban J connectivity index is 2.15. The number of aromatic amines is 1. The van der Waals surface area contributed by atoms with Crippen LogP contribution in [-0.4, -0.2) is 16.9 Å². The molecule has 0 bridgehead atoms. The smallest absolute Gasteiger partial charge is 0.234 e. The van der Waals surface area contributed by atoms with Crippen molar-refractivity contribution in [2.45, 2.75) is 19.5 Å². The molecular formula is C12H15N3O. The van der Waals surface area contributed by atoms with Gasteiger partial charge in [0.25, 0.3) is 0 Å². The van der Waals surface area contributed by atoms with Crippen molar-refractivity contribution in [3.05, 3.63) is 36.0 Å². The summed E-state index contributed by atoms with van der Waals surface area (Å²) in [6, 6.07) is 7.77. The topological polar surface area (TPSA) is 70.9 Å². The Morgan fingerprint density at radius 3 is 3.06 bits per heavy atom. The first kappa shape index (κ1) is 10.7. The number of amides is 1. The number of hydrogen-bond donors (Lipinski definition) is 3. The third-order valence-corrected chi connectivity index (χ3v) is 2.71. The first-order chi connectivity index (χ1) is 7.68. The molecule has 0 fully saturated rings. The van der Waals surface area contributed by atoms with E-state index < -0.39 is 0 Å². The summed E-state index contributed by atoms with van der Waals surface area (Å²) in [6.07, 6.45) is 1.91. The van der Waals surface area contributed by atoms with Gasteiger partial charge in [-0.25, -0.2) is 0 Å². The van der Waals surface area contributed by atoms with Crippen LogP contribution in [0.3, 0.4) is 0 Å². The van der Waals surface area contributed by atoms with Crippen LogP contribution in [0.4, 0.5) is 0 Å². The van der Waals surface area contributed by atoms with Crippen molar-refractivity contribution in [3.63, 3.8) is 0 Å². The monoisotopic (exact) mass is 217 g/mol. The zero-order valence-corrected chi connectivity index (χ0v) is 9.16. The minimum absolute atomic E-state index is 0.311. The molecule has 4 N–H and O–H groups in total. The number of benzene rings is 1. The fourth-order valence-corrected chi connectivity index (χ4v) is 1.67. The summed E-state index contributed by atoms with van der Waals surface area (Å²) >= 11 is 0. The first-order valence-corrected chi connectivity index (χ1v) is 5.26. The van der Waals surface area contributed by atoms with Gasteiger partial charge in [-0.2, -0.15) is 0 Å². The number of carbonyl (C=O) groups excluding carboxylic acids is 1. The van der Waals surface area contributed by atoms with Crippen molar-refractivity contribution in [1.29, 1.82) is 0 Å². The number of nitrogens with one attached hydrogen (secondary N) is 2. The van der Waals surface area contributed by atoms with Gasteiger partial charge in [-0.1, -0.05) is 12.1 Å². The van der Waals surface area contributed by atoms with Crippen molar-refractivity contribution < 1.29 is 4.79 Å². The van der Waals surface area contributed by atoms with E-state index in [0.29, 0.717) is 6.54 Å². The molecule has 1 heterocycles. The van der Waals surface area contributed by atoms with E-state index in [-0.39, 0.29) is 11.9 Å². The molecule has 0 saturated heterocycles. The number of rotatable bonds is 4. The highest BCUT2D eigenvalue weighted by Gasteiger charge is 2.08. The molecule has 84 valence electrons. The van der Waals surface area contributed by atoms with E-state index in [1.807, 2.05) is 30.5 Å². The summed E-state index contributed by atoms with van der Waals surface area (Å²) in [5.74, 6) is -0.332. The molecule has 4 nitrogen and oxygen atoms in total. The first-order valence-electron chi connectivity index (χ1n) is 5.26. The Kier molecular flexibility index (Phi) is 2.92. The van der Waals surface area contributed by atoms with E-state index in [0.717, 1.165) is 11.1 Å². The lowest BCUT2D eigenvalue weighted by molar-refractivity contribution is -0.119. The van der Waals surface area contributed by atoms with Crippen LogP contribution in [0.15, 0.2) is 30.5 Å². The van der Waals surface area contributed by atoms with Gasteiger partial charge in [0, 0.05) is 23.6 Å². The highest BCUT2D eigenvalue weighted by atomic mass is 16.1. The maximum absolute atomic E-state index is 10.9. The van der Waals surface area contributed by atoms with Gasteiger partial charge < -0.3 is 16.0 Å². The quantitative estimate of drug-likeness (QED) is 0.718. The lowest BCUT2D eigenvalue weighted by Gasteiger charge is -2.10. The van der Waals surface area contributed by atoms with Crippen LogP contribution in [0.1, 0.15) is 12.5 Å². The normalized spacial score (nSPS) is 12.8. The molecule has 0 spiro atoms. The Hall–Kier alpha value is -1.81. The Bertz CT molecular complexity index is 504. The van der Waals surface area contributed by atoms with Crippen LogP contribution in [0.5, 0.6) is 0 Å². The van der Waals surface area contributed by atoms with E-state index in [1.54, 1.807) is 6.92 Å². The van der Waals surface area contributed by atoms with Crippen LogP contribution in [0.25, 0.3) is 10.9 Å². The zero-order chi connectivity index (χ0) is 11.5. The highest BCUT2D eigenvalue weighted by molar-refractivity contribution is 5.83. The summed E-state index contributed by atoms with van der Waals surface area (Å²) < 4.78 is 0. The summed E-state index contributed by atoms with van der Waals surface area (Å²) in [4.78, 5) is 14.0. The number of primary amides is 1. The molecule has 4 heteroatoms. The molecular weight excluding hydrogens is 202 g/mol. The largest absolute Gasteiger partial charge is 0.368 e. The Morgan fingerprint density at radius 2 is 2.31 bits per heavy atom. The van der Waals surface area contributed by atoms with Crippen molar-refractivity contribution in [3.8, 4) is 0 Å². The van der Waals surface area contributed by atoms with Gasteiger partial charge in [0.15, 0.2) is 0 Å². The number of H-pyrrole nitrogens is 1. The third kappa shape index (κ3) is 2.06. The summed E-state index contributed by atoms with van der Waals surface area (Å²) in [5.41, 5.74) is 7.45. The number of fused-ring (bicyclic) bond motifs is 1. The van der Waals surface area contributed by atoms with Gasteiger partial charge >= 0.3 is 0 Å². The van der Waals surface area contributed by atoms with Gasteiger partial charge in [-0.15, -0.1) is 0 Å². The standard InChI is InChI=1S/C12H15N3O/c1-8(12(13)16)15-7-9-3-2-4-11-10(9)5-6-14-11/h2-6,8,14-15H,7H2,1H3,(H2,13,16). The summed E-state index contributed by atoms with van der Waals surface area (Å²) in [5, 5.41) is 4.26. The molecule has 1 aromatic heterocycles. The summed E-state index contributed by atoms with van der Waals surface area (Å²) in [7, 11) is 0. The molecule has 0 aliphatic rings. The molecule has 2 aromatic rings. The molecule has 16 heavy (non-hydrogen) atoms. The van der Waals surface area contributed by atoms with Crippen molar-refractivity contribution in [2.75, 3.05) is 0 Å². The Labute approximate surface area is 93.8 Å². The average Bonchev–Trinajstić information content (AvgIpc) is 2.73. The number of aromatic nitrogens is 1.